The van der Waals surface area contributed by atoms with Gasteiger partial charge >= 0.3 is 0 Å². The Balaban J connectivity index is 2.48. The minimum atomic E-state index is -1.48. The lowest BCUT2D eigenvalue weighted by Crippen LogP contribution is -2.45. The zero-order valence-corrected chi connectivity index (χ0v) is 9.07. The van der Waals surface area contributed by atoms with Crippen LogP contribution in [0.5, 0.6) is 0 Å². The number of rotatable bonds is 0. The van der Waals surface area contributed by atoms with E-state index in [-0.39, 0.29) is 30.0 Å². The molecule has 5 nitrogen and oxygen atoms in total. The van der Waals surface area contributed by atoms with Crippen LogP contribution in [0.2, 0.25) is 0 Å². The van der Waals surface area contributed by atoms with E-state index in [0.29, 0.717) is 0 Å². The van der Waals surface area contributed by atoms with Crippen molar-refractivity contribution in [1.29, 1.82) is 0 Å². The first-order valence-electron chi connectivity index (χ1n) is 5.04. The topological polar surface area (TPSA) is 80.7 Å². The first-order chi connectivity index (χ1) is 7.33. The lowest BCUT2D eigenvalue weighted by Gasteiger charge is -2.33. The van der Waals surface area contributed by atoms with Crippen LogP contribution in [-0.4, -0.2) is 34.9 Å². The van der Waals surface area contributed by atoms with Crippen molar-refractivity contribution in [2.75, 3.05) is 6.61 Å². The van der Waals surface area contributed by atoms with E-state index in [2.05, 4.69) is 0 Å². The van der Waals surface area contributed by atoms with E-state index >= 15 is 0 Å². The van der Waals surface area contributed by atoms with Gasteiger partial charge in [0.25, 0.3) is 0 Å². The summed E-state index contributed by atoms with van der Waals surface area (Å²) in [6.45, 7) is 2.71. The molecule has 0 amide bonds. The molecule has 0 saturated carbocycles. The number of hydrogen-bond acceptors (Lipinski definition) is 5. The highest BCUT2D eigenvalue weighted by Gasteiger charge is 2.44. The Morgan fingerprint density at radius 2 is 1.88 bits per heavy atom. The van der Waals surface area contributed by atoms with Crippen molar-refractivity contribution in [1.82, 2.24) is 0 Å². The average Bonchev–Trinajstić information content (AvgIpc) is 2.22. The number of carbonyl (C=O) groups is 3. The Morgan fingerprint density at radius 3 is 2.50 bits per heavy atom. The van der Waals surface area contributed by atoms with Crippen LogP contribution < -0.4 is 0 Å². The number of Topliss-reactive ketones (excluding diaryl/α,β-unsaturated/α-hetero) is 3. The molecule has 86 valence electrons. The quantitative estimate of drug-likeness (QED) is 0.454. The number of hydrogen-bond donors (Lipinski definition) is 1. The Bertz CT molecular complexity index is 430. The second-order valence-corrected chi connectivity index (χ2v) is 4.38. The van der Waals surface area contributed by atoms with Crippen LogP contribution in [0.4, 0.5) is 0 Å². The maximum absolute atomic E-state index is 11.7. The second kappa shape index (κ2) is 3.33. The molecule has 1 aliphatic carbocycles. The summed E-state index contributed by atoms with van der Waals surface area (Å²) in [6, 6.07) is 0. The van der Waals surface area contributed by atoms with Crippen LogP contribution in [0.1, 0.15) is 20.3 Å². The molecule has 0 radical (unpaired) electrons. The molecule has 1 aliphatic heterocycles. The minimum Gasteiger partial charge on any atom is -0.365 e. The molecular weight excluding hydrogens is 212 g/mol. The molecule has 1 N–H and O–H groups in total. The molecule has 2 aliphatic rings. The predicted octanol–water partition coefficient (Wildman–Crippen LogP) is -0.231. The molecule has 2 rings (SSSR count). The number of aliphatic hydroxyl groups is 1. The molecule has 2 unspecified atom stereocenters. The molecule has 0 saturated heterocycles. The Labute approximate surface area is 92.1 Å². The van der Waals surface area contributed by atoms with Crippen LogP contribution in [0, 0.1) is 5.92 Å². The maximum Gasteiger partial charge on any atom is 0.226 e. The third kappa shape index (κ3) is 1.52. The molecule has 2 atom stereocenters. The predicted molar refractivity (Wildman–Crippen MR) is 52.4 cm³/mol. The summed E-state index contributed by atoms with van der Waals surface area (Å²) in [6.07, 6.45) is -0.106. The Hall–Kier alpha value is -1.33. The van der Waals surface area contributed by atoms with Gasteiger partial charge in [-0.3, -0.25) is 14.4 Å². The van der Waals surface area contributed by atoms with Crippen molar-refractivity contribution in [3.05, 3.63) is 11.1 Å². The second-order valence-electron chi connectivity index (χ2n) is 4.38. The maximum atomic E-state index is 11.7. The van der Waals surface area contributed by atoms with Gasteiger partial charge in [0.1, 0.15) is 0 Å². The summed E-state index contributed by atoms with van der Waals surface area (Å²) in [4.78, 5) is 34.9. The number of ether oxygens (including phenoxy) is 1. The smallest absolute Gasteiger partial charge is 0.226 e. The summed E-state index contributed by atoms with van der Waals surface area (Å²) in [5, 5.41) is 9.64. The molecular formula is C11H12O5. The number of ketones is 3. The monoisotopic (exact) mass is 224 g/mol. The van der Waals surface area contributed by atoms with Crippen molar-refractivity contribution < 1.29 is 24.2 Å². The summed E-state index contributed by atoms with van der Waals surface area (Å²) >= 11 is 0. The lowest BCUT2D eigenvalue weighted by molar-refractivity contribution is -0.191. The summed E-state index contributed by atoms with van der Waals surface area (Å²) in [5.74, 6) is -4.12. The normalized spacial score (nSPS) is 35.4. The van der Waals surface area contributed by atoms with E-state index in [0.717, 1.165) is 0 Å². The Kier molecular flexibility index (Phi) is 2.32. The highest BCUT2D eigenvalue weighted by atomic mass is 16.6. The van der Waals surface area contributed by atoms with Gasteiger partial charge in [-0.25, -0.2) is 0 Å². The van der Waals surface area contributed by atoms with Crippen LogP contribution in [0.15, 0.2) is 11.1 Å². The van der Waals surface area contributed by atoms with Gasteiger partial charge in [0, 0.05) is 17.6 Å². The average molecular weight is 224 g/mol. The molecule has 0 spiro atoms. The van der Waals surface area contributed by atoms with E-state index in [1.165, 1.54) is 13.8 Å². The fraction of sp³-hybridized carbons (Fsp3) is 0.545. The highest BCUT2D eigenvalue weighted by molar-refractivity contribution is 6.50. The molecule has 0 bridgehead atoms. The van der Waals surface area contributed by atoms with Crippen LogP contribution in [0.25, 0.3) is 0 Å². The van der Waals surface area contributed by atoms with Crippen molar-refractivity contribution in [3.63, 3.8) is 0 Å². The van der Waals surface area contributed by atoms with E-state index in [4.69, 9.17) is 4.74 Å². The summed E-state index contributed by atoms with van der Waals surface area (Å²) < 4.78 is 5.05. The van der Waals surface area contributed by atoms with Crippen molar-refractivity contribution in [2.45, 2.75) is 26.1 Å². The van der Waals surface area contributed by atoms with Crippen molar-refractivity contribution >= 4 is 17.3 Å². The fourth-order valence-electron chi connectivity index (χ4n) is 1.96. The largest absolute Gasteiger partial charge is 0.365 e. The summed E-state index contributed by atoms with van der Waals surface area (Å²) in [7, 11) is 0. The van der Waals surface area contributed by atoms with E-state index < -0.39 is 23.3 Å². The third-order valence-corrected chi connectivity index (χ3v) is 2.98. The molecule has 5 heteroatoms. The highest BCUT2D eigenvalue weighted by Crippen LogP contribution is 2.33. The Morgan fingerprint density at radius 1 is 1.25 bits per heavy atom. The van der Waals surface area contributed by atoms with E-state index in [9.17, 15) is 19.5 Å². The van der Waals surface area contributed by atoms with Gasteiger partial charge in [0.05, 0.1) is 12.5 Å². The van der Waals surface area contributed by atoms with Gasteiger partial charge in [-0.15, -0.1) is 0 Å². The minimum absolute atomic E-state index is 0.106. The van der Waals surface area contributed by atoms with Crippen LogP contribution in [-0.2, 0) is 19.1 Å². The van der Waals surface area contributed by atoms with E-state index in [1.807, 2.05) is 0 Å². The molecule has 0 fully saturated rings. The zero-order chi connectivity index (χ0) is 12.1. The standard InChI is InChI=1S/C11H12O5/c1-5-8(12)7-4-16-11(2,15)3-6(7)10(14)9(5)13/h5,15H,3-4H2,1-2H3. The molecule has 1 heterocycles. The van der Waals surface area contributed by atoms with Gasteiger partial charge in [-0.1, -0.05) is 0 Å². The summed E-state index contributed by atoms with van der Waals surface area (Å²) in [5.41, 5.74) is 0.355. The van der Waals surface area contributed by atoms with Crippen LogP contribution >= 0.6 is 0 Å². The lowest BCUT2D eigenvalue weighted by atomic mass is 9.78. The first kappa shape index (κ1) is 11.2. The molecule has 0 aromatic heterocycles. The zero-order valence-electron chi connectivity index (χ0n) is 9.07. The fourth-order valence-corrected chi connectivity index (χ4v) is 1.96. The molecule has 0 aromatic carbocycles. The van der Waals surface area contributed by atoms with Gasteiger partial charge in [0.2, 0.25) is 11.6 Å². The van der Waals surface area contributed by atoms with Crippen LogP contribution in [0.3, 0.4) is 0 Å². The van der Waals surface area contributed by atoms with Gasteiger partial charge < -0.3 is 9.84 Å². The number of carbonyl (C=O) groups excluding carboxylic acids is 3. The van der Waals surface area contributed by atoms with Gasteiger partial charge in [-0.05, 0) is 13.8 Å². The first-order valence-corrected chi connectivity index (χ1v) is 5.04. The van der Waals surface area contributed by atoms with Crippen molar-refractivity contribution in [3.8, 4) is 0 Å². The van der Waals surface area contributed by atoms with Gasteiger partial charge in [-0.2, -0.15) is 0 Å². The van der Waals surface area contributed by atoms with Gasteiger partial charge in [0.15, 0.2) is 11.6 Å². The third-order valence-electron chi connectivity index (χ3n) is 2.98. The van der Waals surface area contributed by atoms with Crippen molar-refractivity contribution in [2.24, 2.45) is 5.92 Å². The molecule has 0 aromatic rings. The SMILES string of the molecule is CC1C(=O)C(=O)C2=C(COC(C)(O)C2)C1=O. The molecule has 16 heavy (non-hydrogen) atoms. The van der Waals surface area contributed by atoms with E-state index in [1.54, 1.807) is 0 Å².